The van der Waals surface area contributed by atoms with Gasteiger partial charge in [-0.2, -0.15) is 0 Å². The van der Waals surface area contributed by atoms with Crippen molar-refractivity contribution in [1.29, 1.82) is 0 Å². The fourth-order valence-electron chi connectivity index (χ4n) is 3.59. The highest BCUT2D eigenvalue weighted by Crippen LogP contribution is 2.42. The van der Waals surface area contributed by atoms with Crippen LogP contribution in [-0.2, 0) is 0 Å². The third-order valence-corrected chi connectivity index (χ3v) is 5.30. The predicted octanol–water partition coefficient (Wildman–Crippen LogP) is 5.07. The molecule has 3 heteroatoms. The molecular weight excluding hydrogens is 282 g/mol. The van der Waals surface area contributed by atoms with Crippen LogP contribution in [0.15, 0.2) is 18.2 Å². The summed E-state index contributed by atoms with van der Waals surface area (Å²) in [6.45, 7) is 7.89. The number of nitrogens with one attached hydrogen (secondary N) is 1. The molecule has 2 nitrogen and oxygen atoms in total. The summed E-state index contributed by atoms with van der Waals surface area (Å²) in [5, 5.41) is 4.45. The lowest BCUT2D eigenvalue weighted by molar-refractivity contribution is 0.170. The Morgan fingerprint density at radius 1 is 1.29 bits per heavy atom. The number of hydrogen-bond acceptors (Lipinski definition) is 2. The fraction of sp³-hybridized carbons (Fsp3) is 0.667. The van der Waals surface area contributed by atoms with E-state index in [4.69, 9.17) is 16.3 Å². The lowest BCUT2D eigenvalue weighted by Crippen LogP contribution is -2.33. The minimum atomic E-state index is 0.332. The van der Waals surface area contributed by atoms with Gasteiger partial charge in [0, 0.05) is 16.6 Å². The van der Waals surface area contributed by atoms with E-state index in [-0.39, 0.29) is 0 Å². The fourth-order valence-corrected chi connectivity index (χ4v) is 3.77. The lowest BCUT2D eigenvalue weighted by Gasteiger charge is -2.37. The molecule has 1 aliphatic rings. The SMILES string of the molecule is CCNC(c1cc(Cl)ccc1OC)C1CCC(C)C(C)C1. The van der Waals surface area contributed by atoms with E-state index in [0.717, 1.165) is 29.2 Å². The maximum Gasteiger partial charge on any atom is 0.123 e. The van der Waals surface area contributed by atoms with Gasteiger partial charge in [-0.25, -0.2) is 0 Å². The smallest absolute Gasteiger partial charge is 0.123 e. The number of ether oxygens (including phenoxy) is 1. The second-order valence-electron chi connectivity index (χ2n) is 6.45. The summed E-state index contributed by atoms with van der Waals surface area (Å²) in [5.41, 5.74) is 1.21. The topological polar surface area (TPSA) is 21.3 Å². The molecule has 0 aliphatic heterocycles. The summed E-state index contributed by atoms with van der Waals surface area (Å²) in [6, 6.07) is 6.28. The maximum absolute atomic E-state index is 6.23. The molecule has 1 N–H and O–H groups in total. The first-order chi connectivity index (χ1) is 10.1. The summed E-state index contributed by atoms with van der Waals surface area (Å²) in [6.07, 6.45) is 3.87. The molecule has 1 saturated carbocycles. The van der Waals surface area contributed by atoms with Gasteiger partial charge in [0.05, 0.1) is 7.11 Å². The van der Waals surface area contributed by atoms with Gasteiger partial charge in [-0.15, -0.1) is 0 Å². The van der Waals surface area contributed by atoms with Crippen LogP contribution in [0.2, 0.25) is 5.02 Å². The normalized spacial score (nSPS) is 27.4. The zero-order chi connectivity index (χ0) is 15.4. The second kappa shape index (κ2) is 7.51. The Kier molecular flexibility index (Phi) is 5.95. The summed E-state index contributed by atoms with van der Waals surface area (Å²) in [5.74, 6) is 3.22. The molecule has 1 aromatic carbocycles. The van der Waals surface area contributed by atoms with E-state index in [0.29, 0.717) is 12.0 Å². The number of hydrogen-bond donors (Lipinski definition) is 1. The van der Waals surface area contributed by atoms with Crippen molar-refractivity contribution < 1.29 is 4.74 Å². The van der Waals surface area contributed by atoms with Crippen LogP contribution >= 0.6 is 11.6 Å². The Morgan fingerprint density at radius 2 is 2.05 bits per heavy atom. The summed E-state index contributed by atoms with van der Waals surface area (Å²) in [4.78, 5) is 0. The molecule has 0 radical (unpaired) electrons. The Hall–Kier alpha value is -0.730. The Bertz CT molecular complexity index is 463. The molecule has 118 valence electrons. The first-order valence-corrected chi connectivity index (χ1v) is 8.51. The summed E-state index contributed by atoms with van der Waals surface area (Å²) < 4.78 is 5.57. The van der Waals surface area contributed by atoms with E-state index in [9.17, 15) is 0 Å². The van der Waals surface area contributed by atoms with Gasteiger partial charge in [-0.05, 0) is 55.3 Å². The van der Waals surface area contributed by atoms with Crippen molar-refractivity contribution in [1.82, 2.24) is 5.32 Å². The minimum absolute atomic E-state index is 0.332. The number of methoxy groups -OCH3 is 1. The Morgan fingerprint density at radius 3 is 2.67 bits per heavy atom. The lowest BCUT2D eigenvalue weighted by atomic mass is 9.72. The molecule has 0 aromatic heterocycles. The van der Waals surface area contributed by atoms with Crippen LogP contribution in [-0.4, -0.2) is 13.7 Å². The molecule has 4 atom stereocenters. The molecular formula is C18H28ClNO. The quantitative estimate of drug-likeness (QED) is 0.819. The van der Waals surface area contributed by atoms with Gasteiger partial charge in [0.15, 0.2) is 0 Å². The van der Waals surface area contributed by atoms with Crippen LogP contribution in [0.1, 0.15) is 51.6 Å². The first kappa shape index (κ1) is 16.6. The average molecular weight is 310 g/mol. The highest BCUT2D eigenvalue weighted by Gasteiger charge is 2.32. The highest BCUT2D eigenvalue weighted by molar-refractivity contribution is 6.30. The van der Waals surface area contributed by atoms with Gasteiger partial charge in [0.2, 0.25) is 0 Å². The monoisotopic (exact) mass is 309 g/mol. The van der Waals surface area contributed by atoms with Crippen LogP contribution < -0.4 is 10.1 Å². The van der Waals surface area contributed by atoms with Crippen molar-refractivity contribution in [2.45, 2.75) is 46.1 Å². The minimum Gasteiger partial charge on any atom is -0.496 e. The van der Waals surface area contributed by atoms with E-state index in [1.807, 2.05) is 12.1 Å². The van der Waals surface area contributed by atoms with E-state index in [2.05, 4.69) is 32.2 Å². The van der Waals surface area contributed by atoms with Crippen LogP contribution in [0.5, 0.6) is 5.75 Å². The summed E-state index contributed by atoms with van der Waals surface area (Å²) in [7, 11) is 1.74. The van der Waals surface area contributed by atoms with Crippen LogP contribution in [0.4, 0.5) is 0 Å². The van der Waals surface area contributed by atoms with Crippen molar-refractivity contribution in [2.24, 2.45) is 17.8 Å². The first-order valence-electron chi connectivity index (χ1n) is 8.13. The van der Waals surface area contributed by atoms with Gasteiger partial charge in [-0.1, -0.05) is 38.8 Å². The van der Waals surface area contributed by atoms with Crippen LogP contribution in [0.3, 0.4) is 0 Å². The summed E-state index contributed by atoms with van der Waals surface area (Å²) >= 11 is 6.23. The number of rotatable bonds is 5. The van der Waals surface area contributed by atoms with E-state index < -0.39 is 0 Å². The third kappa shape index (κ3) is 3.92. The zero-order valence-corrected chi connectivity index (χ0v) is 14.4. The third-order valence-electron chi connectivity index (χ3n) is 5.06. The predicted molar refractivity (Wildman–Crippen MR) is 90.1 cm³/mol. The van der Waals surface area contributed by atoms with Gasteiger partial charge >= 0.3 is 0 Å². The highest BCUT2D eigenvalue weighted by atomic mass is 35.5. The van der Waals surface area contributed by atoms with Gasteiger partial charge < -0.3 is 10.1 Å². The van der Waals surface area contributed by atoms with Crippen LogP contribution in [0, 0.1) is 17.8 Å². The van der Waals surface area contributed by atoms with E-state index >= 15 is 0 Å². The largest absolute Gasteiger partial charge is 0.496 e. The Labute approximate surface area is 134 Å². The van der Waals surface area contributed by atoms with Crippen LogP contribution in [0.25, 0.3) is 0 Å². The molecule has 0 heterocycles. The van der Waals surface area contributed by atoms with E-state index in [1.165, 1.54) is 24.8 Å². The average Bonchev–Trinajstić information content (AvgIpc) is 2.48. The molecule has 0 bridgehead atoms. The number of benzene rings is 1. The molecule has 1 fully saturated rings. The maximum atomic E-state index is 6.23. The van der Waals surface area contributed by atoms with E-state index in [1.54, 1.807) is 7.11 Å². The molecule has 21 heavy (non-hydrogen) atoms. The van der Waals surface area contributed by atoms with Crippen molar-refractivity contribution >= 4 is 11.6 Å². The van der Waals surface area contributed by atoms with Gasteiger partial charge in [0.1, 0.15) is 5.75 Å². The molecule has 0 saturated heterocycles. The van der Waals surface area contributed by atoms with Crippen molar-refractivity contribution in [3.63, 3.8) is 0 Å². The molecule has 1 aromatic rings. The number of halogens is 1. The molecule has 4 unspecified atom stereocenters. The van der Waals surface area contributed by atoms with Crippen molar-refractivity contribution in [3.05, 3.63) is 28.8 Å². The Balaban J connectivity index is 2.28. The second-order valence-corrected chi connectivity index (χ2v) is 6.89. The molecule has 0 amide bonds. The zero-order valence-electron chi connectivity index (χ0n) is 13.7. The van der Waals surface area contributed by atoms with Crippen molar-refractivity contribution in [3.8, 4) is 5.75 Å². The molecule has 2 rings (SSSR count). The van der Waals surface area contributed by atoms with Gasteiger partial charge in [-0.3, -0.25) is 0 Å². The molecule has 0 spiro atoms. The molecule has 1 aliphatic carbocycles. The van der Waals surface area contributed by atoms with Gasteiger partial charge in [0.25, 0.3) is 0 Å². The van der Waals surface area contributed by atoms with Crippen molar-refractivity contribution in [2.75, 3.05) is 13.7 Å². The standard InChI is InChI=1S/C18H28ClNO/c1-5-20-18(14-7-6-12(2)13(3)10-14)16-11-15(19)8-9-17(16)21-4/h8-9,11-14,18,20H,5-7,10H2,1-4H3.